The van der Waals surface area contributed by atoms with Crippen molar-refractivity contribution in [2.75, 3.05) is 108 Å². The molecule has 6 aliphatic heterocycles. The van der Waals surface area contributed by atoms with Crippen molar-refractivity contribution in [2.24, 2.45) is 17.8 Å². The Morgan fingerprint density at radius 2 is 0.793 bits per heavy atom. The summed E-state index contributed by atoms with van der Waals surface area (Å²) >= 11 is 3.37. The van der Waals surface area contributed by atoms with Crippen LogP contribution < -0.4 is 14.7 Å². The molecule has 0 aliphatic carbocycles. The van der Waals surface area contributed by atoms with Crippen LogP contribution in [0.2, 0.25) is 0 Å². The molecule has 18 nitrogen and oxygen atoms in total. The van der Waals surface area contributed by atoms with Crippen LogP contribution in [0.25, 0.3) is 0 Å². The van der Waals surface area contributed by atoms with Crippen LogP contribution >= 0.6 is 45.3 Å². The molecular weight excluding hydrogens is 1360 g/mol. The molecule has 12 heterocycles. The monoisotopic (exact) mass is 1420 g/mol. The predicted molar refractivity (Wildman–Crippen MR) is 345 cm³/mol. The highest BCUT2D eigenvalue weighted by Crippen LogP contribution is 2.41. The number of halogens is 9. The number of carbonyl (C=O) groups is 3. The van der Waals surface area contributed by atoms with E-state index in [0.717, 1.165) is 56.8 Å². The maximum Gasteiger partial charge on any atom is 0.445 e. The van der Waals surface area contributed by atoms with Crippen molar-refractivity contribution in [3.63, 3.8) is 0 Å². The zero-order valence-electron chi connectivity index (χ0n) is 49.8. The van der Waals surface area contributed by atoms with Gasteiger partial charge in [-0.2, -0.15) is 39.5 Å². The van der Waals surface area contributed by atoms with Gasteiger partial charge >= 0.3 is 12.4 Å². The number of aryl methyl sites for hydroxylation is 1. The summed E-state index contributed by atoms with van der Waals surface area (Å²) in [7, 11) is -6.29. The molecule has 34 heteroatoms. The second-order valence-corrected chi connectivity index (χ2v) is 36.0. The fourth-order valence-corrected chi connectivity index (χ4v) is 20.0. The van der Waals surface area contributed by atoms with Crippen molar-refractivity contribution in [3.8, 4) is 0 Å². The fraction of sp³-hybridized carbons (Fsp3) is 0.517. The van der Waals surface area contributed by atoms with E-state index >= 15 is 0 Å². The quantitative estimate of drug-likeness (QED) is 0.0981. The van der Waals surface area contributed by atoms with Crippen LogP contribution in [0, 0.1) is 40.1 Å². The minimum Gasteiger partial charge on any atom is -0.342 e. The Morgan fingerprint density at radius 3 is 1.10 bits per heavy atom. The number of piperazine rings is 3. The van der Waals surface area contributed by atoms with E-state index in [1.165, 1.54) is 18.2 Å². The van der Waals surface area contributed by atoms with Crippen LogP contribution in [0.1, 0.15) is 87.4 Å². The number of hydrogen-bond acceptors (Lipinski definition) is 19. The zero-order chi connectivity index (χ0) is 66.1. The molecule has 0 N–H and O–H groups in total. The highest BCUT2D eigenvalue weighted by molar-refractivity contribution is 8.00. The summed E-state index contributed by atoms with van der Waals surface area (Å²) in [5, 5.41) is 4.96. The van der Waals surface area contributed by atoms with Gasteiger partial charge in [0.05, 0.1) is 23.7 Å². The van der Waals surface area contributed by atoms with Gasteiger partial charge in [-0.15, -0.1) is 44.2 Å². The topological polar surface area (TPSA) is 199 Å². The normalized spacial score (nSPS) is 27.4. The number of thiophene rings is 3. The van der Waals surface area contributed by atoms with Gasteiger partial charge in [0, 0.05) is 151 Å². The lowest BCUT2D eigenvalue weighted by Crippen LogP contribution is -2.53. The molecule has 0 spiro atoms. The summed E-state index contributed by atoms with van der Waals surface area (Å²) < 4.78 is 155. The molecule has 12 rings (SSSR count). The number of nitrogens with zero attached hydrogens (tertiary/aromatic N) is 12. The predicted octanol–water partition coefficient (Wildman–Crippen LogP) is 8.99. The van der Waals surface area contributed by atoms with E-state index in [9.17, 15) is 66.5 Å². The molecule has 6 fully saturated rings. The van der Waals surface area contributed by atoms with Gasteiger partial charge in [0.1, 0.15) is 0 Å². The van der Waals surface area contributed by atoms with E-state index in [0.29, 0.717) is 139 Å². The average Bonchev–Trinajstić information content (AvgIpc) is 2.13. The summed E-state index contributed by atoms with van der Waals surface area (Å²) in [4.78, 5) is 69.2. The third kappa shape index (κ3) is 16.9. The van der Waals surface area contributed by atoms with Crippen molar-refractivity contribution in [1.29, 1.82) is 0 Å². The third-order valence-corrected chi connectivity index (χ3v) is 26.9. The molecular formula is C58H67F9N12O6S7. The van der Waals surface area contributed by atoms with Crippen molar-refractivity contribution in [2.45, 2.75) is 75.9 Å². The first-order chi connectivity index (χ1) is 43.4. The van der Waals surface area contributed by atoms with E-state index in [-0.39, 0.29) is 82.5 Å². The number of aromatic nitrogens is 6. The zero-order valence-corrected chi connectivity index (χ0v) is 55.5. The van der Waals surface area contributed by atoms with Gasteiger partial charge < -0.3 is 29.4 Å². The Morgan fingerprint density at radius 1 is 0.467 bits per heavy atom. The number of hydrogen-bond donors (Lipinski definition) is 0. The summed E-state index contributed by atoms with van der Waals surface area (Å²) in [5.41, 5.74) is 0.0463. The van der Waals surface area contributed by atoms with Gasteiger partial charge in [0.2, 0.25) is 39.8 Å². The van der Waals surface area contributed by atoms with Gasteiger partial charge in [-0.25, -0.2) is 19.9 Å². The van der Waals surface area contributed by atoms with E-state index in [4.69, 9.17) is 0 Å². The van der Waals surface area contributed by atoms with Gasteiger partial charge in [0.25, 0.3) is 0 Å². The van der Waals surface area contributed by atoms with Crippen LogP contribution in [-0.2, 0) is 55.3 Å². The highest BCUT2D eigenvalue weighted by atomic mass is 32.2. The minimum atomic E-state index is -4.57. The summed E-state index contributed by atoms with van der Waals surface area (Å²) in [6.07, 6.45) is -0.912. The molecule has 6 aromatic heterocycles. The van der Waals surface area contributed by atoms with E-state index in [2.05, 4.69) is 52.6 Å². The highest BCUT2D eigenvalue weighted by Gasteiger charge is 2.43. The molecule has 3 atom stereocenters. The van der Waals surface area contributed by atoms with E-state index in [1.807, 2.05) is 11.8 Å². The second-order valence-electron chi connectivity index (χ2n) is 23.6. The van der Waals surface area contributed by atoms with Crippen molar-refractivity contribution in [1.82, 2.24) is 44.8 Å². The largest absolute Gasteiger partial charge is 0.445 e. The molecule has 6 saturated heterocycles. The van der Waals surface area contributed by atoms with Crippen LogP contribution in [0.15, 0.2) is 61.2 Å². The Hall–Kier alpha value is -5.94. The van der Waals surface area contributed by atoms with Crippen LogP contribution in [0.3, 0.4) is 0 Å². The first-order valence-electron chi connectivity index (χ1n) is 29.4. The first-order valence-corrected chi connectivity index (χ1v) is 38.8. The standard InChI is InChI=1S/C20H22F4N4O2S2.C20H25FN4O2S2.C18H20F4N4O2S3/c1-32(30)8-4-13(5-9-32)18(29)28-7-6-27(12-15(28)16-2-3-17(21)31-16)19-25-10-14(11-26-19)20(22,23)24;1-14-11-22-20(23-12-14)24-7-8-25(16(13-24)17-3-4-18(21)28-17)19(26)15-5-9-29(2,27)10-6-15;1-31(28)8-4-11(5-9-31)15(27)26-7-6-25(10-12(26)13-2-3-14(19)29-13)17-24-23-16(30-17)18(20,21)22/h2-3,10-11,13,15H,1,4-9,12H2;3-4,11-12,15-16H,2,5-10,13H2,1H3;2-3,11-12H,1,4-10H2. The molecule has 3 unspecified atom stereocenters. The molecule has 0 saturated carbocycles. The maximum atomic E-state index is 13.8. The number of rotatable bonds is 9. The second kappa shape index (κ2) is 28.2. The number of amides is 3. The average molecular weight is 1420 g/mol. The van der Waals surface area contributed by atoms with Gasteiger partial charge in [-0.05, 0) is 134 Å². The molecule has 3 amide bonds. The molecule has 6 aliphatic rings. The molecule has 0 aromatic carbocycles. The third-order valence-electron chi connectivity index (χ3n) is 17.1. The van der Waals surface area contributed by atoms with Crippen molar-refractivity contribution >= 4 is 126 Å². The van der Waals surface area contributed by atoms with Crippen LogP contribution in [-0.4, -0.2) is 186 Å². The van der Waals surface area contributed by atoms with Crippen molar-refractivity contribution in [3.05, 3.63) is 107 Å². The Bertz CT molecular complexity index is 3900. The molecule has 0 bridgehead atoms. The summed E-state index contributed by atoms with van der Waals surface area (Å²) in [5.74, 6) is 13.8. The lowest BCUT2D eigenvalue weighted by atomic mass is 9.98. The number of carbonyl (C=O) groups excluding carboxylic acids is 3. The number of anilines is 3. The minimum absolute atomic E-state index is 0.0724. The van der Waals surface area contributed by atoms with Crippen molar-refractivity contribution < 1.29 is 66.5 Å². The Balaban J connectivity index is 0.000000151. The molecule has 0 radical (unpaired) electrons. The summed E-state index contributed by atoms with van der Waals surface area (Å²) in [6, 6.07) is 7.81. The summed E-state index contributed by atoms with van der Waals surface area (Å²) in [6.45, 7) is 5.21. The smallest absolute Gasteiger partial charge is 0.342 e. The van der Waals surface area contributed by atoms with Gasteiger partial charge in [-0.3, -0.25) is 27.0 Å². The molecule has 92 heavy (non-hydrogen) atoms. The maximum absolute atomic E-state index is 13.8. The molecule has 6 aromatic rings. The lowest BCUT2D eigenvalue weighted by molar-refractivity contribution is -0.139. The molecule has 500 valence electrons. The fourth-order valence-electron chi connectivity index (χ4n) is 11.9. The van der Waals surface area contributed by atoms with Gasteiger partial charge in [0.15, 0.2) is 15.4 Å². The van der Waals surface area contributed by atoms with Crippen LogP contribution in [0.5, 0.6) is 0 Å². The van der Waals surface area contributed by atoms with Crippen LogP contribution in [0.4, 0.5) is 56.5 Å². The number of alkyl halides is 6. The van der Waals surface area contributed by atoms with Gasteiger partial charge in [-0.1, -0.05) is 11.3 Å². The Kier molecular flexibility index (Phi) is 21.1. The first kappa shape index (κ1) is 68.9. The van der Waals surface area contributed by atoms with E-state index < -0.39 is 68.7 Å². The van der Waals surface area contributed by atoms with E-state index in [1.54, 1.807) is 50.2 Å². The Labute approximate surface area is 543 Å². The lowest BCUT2D eigenvalue weighted by Gasteiger charge is -2.43. The SMILES string of the molecule is C=S1(=O)CCC(C(=O)N2CCN(c3ncc(C(F)(F)F)cn3)CC2c2ccc(F)s2)CC1.C=S1(=O)CCC(C(=O)N2CCN(c3ncc(C)cn3)CC2c2ccc(F)s2)CC1.C=S1(=O)CCC(C(=O)N2CCN(c3nnc(C(F)(F)F)s3)CC2c2ccc(F)s2)CC1.